The van der Waals surface area contributed by atoms with Crippen LogP contribution < -0.4 is 5.14 Å². The molecule has 110 valence electrons. The van der Waals surface area contributed by atoms with Gasteiger partial charge in [-0.1, -0.05) is 38.3 Å². The lowest BCUT2D eigenvalue weighted by Gasteiger charge is -2.07. The van der Waals surface area contributed by atoms with E-state index in [4.69, 9.17) is 16.7 Å². The molecule has 2 N–H and O–H groups in total. The highest BCUT2D eigenvalue weighted by Crippen LogP contribution is 2.24. The molecule has 0 saturated heterocycles. The normalized spacial score (nSPS) is 12.2. The van der Waals surface area contributed by atoms with Gasteiger partial charge < -0.3 is 0 Å². The monoisotopic (exact) mass is 316 g/mol. The first-order valence-corrected chi connectivity index (χ1v) is 8.40. The number of aromatic nitrogens is 3. The minimum absolute atomic E-state index is 0.133. The number of rotatable bonds is 5. The molecule has 6 nitrogen and oxygen atoms in total. The molecule has 20 heavy (non-hydrogen) atoms. The largest absolute Gasteiger partial charge is 0.258 e. The number of nitrogens with two attached hydrogens (primary N) is 1. The predicted octanol–water partition coefficient (Wildman–Crippen LogP) is 1.94. The van der Waals surface area contributed by atoms with Gasteiger partial charge in [-0.15, -0.1) is 0 Å². The Morgan fingerprint density at radius 1 is 1.30 bits per heavy atom. The Bertz CT molecular complexity index is 739. The van der Waals surface area contributed by atoms with Crippen molar-refractivity contribution in [1.29, 1.82) is 0 Å². The number of aryl methyl sites for hydroxylation is 2. The summed E-state index contributed by atoms with van der Waals surface area (Å²) in [6.07, 6.45) is 3.37. The van der Waals surface area contributed by atoms with Gasteiger partial charge in [-0.3, -0.25) is 0 Å². The lowest BCUT2D eigenvalue weighted by molar-refractivity contribution is 0.589. The molecule has 0 radical (unpaired) electrons. The van der Waals surface area contributed by atoms with E-state index in [1.807, 2.05) is 19.9 Å². The minimum Gasteiger partial charge on any atom is -0.223 e. The fraction of sp³-hybridized carbons (Fsp3) is 0.500. The Morgan fingerprint density at radius 2 is 1.95 bits per heavy atom. The number of primary sulfonamides is 1. The Balaban J connectivity index is 2.80. The summed E-state index contributed by atoms with van der Waals surface area (Å²) in [7, 11) is -3.97. The van der Waals surface area contributed by atoms with E-state index in [2.05, 4.69) is 10.1 Å². The van der Waals surface area contributed by atoms with Crippen LogP contribution in [0.4, 0.5) is 0 Å². The summed E-state index contributed by atoms with van der Waals surface area (Å²) in [4.78, 5) is 4.11. The van der Waals surface area contributed by atoms with Gasteiger partial charge in [-0.2, -0.15) is 9.61 Å². The number of hydrogen-bond acceptors (Lipinski definition) is 4. The number of hydrogen-bond donors (Lipinski definition) is 1. The first kappa shape index (κ1) is 15.2. The van der Waals surface area contributed by atoms with Crippen molar-refractivity contribution in [3.8, 4) is 0 Å². The minimum atomic E-state index is -3.97. The third-order valence-electron chi connectivity index (χ3n) is 2.93. The summed E-state index contributed by atoms with van der Waals surface area (Å²) in [5, 5.41) is 9.13. The molecule has 0 aromatic carbocycles. The highest BCUT2D eigenvalue weighted by Gasteiger charge is 2.23. The molecule has 0 bridgehead atoms. The van der Waals surface area contributed by atoms with Crippen LogP contribution >= 0.6 is 11.6 Å². The quantitative estimate of drug-likeness (QED) is 0.912. The maximum Gasteiger partial charge on any atom is 0.258 e. The number of sulfonamides is 1. The van der Waals surface area contributed by atoms with E-state index in [1.165, 1.54) is 4.52 Å². The van der Waals surface area contributed by atoms with Gasteiger partial charge in [-0.05, 0) is 24.5 Å². The highest BCUT2D eigenvalue weighted by molar-refractivity contribution is 7.89. The van der Waals surface area contributed by atoms with E-state index in [9.17, 15) is 8.42 Å². The standard InChI is InChI=1S/C12H17ClN4O2S/c1-3-5-8-7-9(6-4-2)16-17-11(8)15-10(13)12(17)20(14,18)19/h7H,3-6H2,1-2H3,(H2,14,18,19). The SMILES string of the molecule is CCCc1cc(CCC)c2nc(Cl)c(S(N)(=O)=O)n2n1. The van der Waals surface area contributed by atoms with Gasteiger partial charge in [0.25, 0.3) is 10.0 Å². The van der Waals surface area contributed by atoms with E-state index in [0.29, 0.717) is 5.65 Å². The molecule has 0 saturated carbocycles. The van der Waals surface area contributed by atoms with Gasteiger partial charge in [0.15, 0.2) is 10.8 Å². The molecule has 0 aliphatic carbocycles. The molecule has 0 aliphatic rings. The van der Waals surface area contributed by atoms with E-state index < -0.39 is 10.0 Å². The van der Waals surface area contributed by atoms with Crippen molar-refractivity contribution in [2.75, 3.05) is 0 Å². The van der Waals surface area contributed by atoms with Crippen LogP contribution in [0.3, 0.4) is 0 Å². The Hall–Kier alpha value is -1.18. The van der Waals surface area contributed by atoms with Crippen LogP contribution in [0.25, 0.3) is 5.65 Å². The van der Waals surface area contributed by atoms with Crippen molar-refractivity contribution in [2.45, 2.75) is 44.6 Å². The van der Waals surface area contributed by atoms with E-state index in [1.54, 1.807) is 0 Å². The van der Waals surface area contributed by atoms with Crippen LogP contribution in [0, 0.1) is 0 Å². The third-order valence-corrected chi connectivity index (χ3v) is 4.21. The number of imidazole rings is 1. The topological polar surface area (TPSA) is 90.3 Å². The number of nitrogens with zero attached hydrogens (tertiary/aromatic N) is 3. The smallest absolute Gasteiger partial charge is 0.223 e. The van der Waals surface area contributed by atoms with Gasteiger partial charge in [-0.25, -0.2) is 18.5 Å². The average molecular weight is 317 g/mol. The second-order valence-corrected chi connectivity index (χ2v) is 6.48. The molecule has 2 rings (SSSR count). The summed E-state index contributed by atoms with van der Waals surface area (Å²) in [6.45, 7) is 4.08. The van der Waals surface area contributed by atoms with Crippen molar-refractivity contribution >= 4 is 27.3 Å². The molecular formula is C12H17ClN4O2S. The van der Waals surface area contributed by atoms with Crippen LogP contribution in [0.1, 0.15) is 37.9 Å². The van der Waals surface area contributed by atoms with E-state index >= 15 is 0 Å². The molecule has 0 amide bonds. The number of fused-ring (bicyclic) bond motifs is 1. The maximum absolute atomic E-state index is 11.7. The summed E-state index contributed by atoms with van der Waals surface area (Å²) in [5.74, 6) is 0. The van der Waals surface area contributed by atoms with Gasteiger partial charge in [0.05, 0.1) is 5.69 Å². The average Bonchev–Trinajstić information content (AvgIpc) is 2.66. The fourth-order valence-corrected chi connectivity index (χ4v) is 3.30. The van der Waals surface area contributed by atoms with Crippen molar-refractivity contribution in [3.05, 3.63) is 22.5 Å². The van der Waals surface area contributed by atoms with Crippen molar-refractivity contribution in [2.24, 2.45) is 5.14 Å². The second kappa shape index (κ2) is 5.67. The van der Waals surface area contributed by atoms with E-state index in [0.717, 1.165) is 36.9 Å². The van der Waals surface area contributed by atoms with Crippen LogP contribution in [0.15, 0.2) is 11.1 Å². The van der Waals surface area contributed by atoms with Crippen LogP contribution in [0.5, 0.6) is 0 Å². The molecule has 0 aliphatic heterocycles. The van der Waals surface area contributed by atoms with Crippen LogP contribution in [0.2, 0.25) is 5.15 Å². The molecule has 0 unspecified atom stereocenters. The first-order valence-electron chi connectivity index (χ1n) is 6.48. The lowest BCUT2D eigenvalue weighted by Crippen LogP contribution is -2.17. The van der Waals surface area contributed by atoms with E-state index in [-0.39, 0.29) is 10.2 Å². The molecule has 0 fully saturated rings. The summed E-state index contributed by atoms with van der Waals surface area (Å²) >= 11 is 5.92. The zero-order valence-corrected chi connectivity index (χ0v) is 13.0. The van der Waals surface area contributed by atoms with Crippen molar-refractivity contribution in [3.63, 3.8) is 0 Å². The van der Waals surface area contributed by atoms with Gasteiger partial charge in [0.2, 0.25) is 5.03 Å². The fourth-order valence-electron chi connectivity index (χ4n) is 2.16. The van der Waals surface area contributed by atoms with Crippen LogP contribution in [-0.2, 0) is 22.9 Å². The van der Waals surface area contributed by atoms with Crippen molar-refractivity contribution in [1.82, 2.24) is 14.6 Å². The van der Waals surface area contributed by atoms with Gasteiger partial charge in [0.1, 0.15) is 0 Å². The Morgan fingerprint density at radius 3 is 2.50 bits per heavy atom. The highest BCUT2D eigenvalue weighted by atomic mass is 35.5. The summed E-state index contributed by atoms with van der Waals surface area (Å²) in [5.41, 5.74) is 2.20. The zero-order valence-electron chi connectivity index (χ0n) is 11.4. The van der Waals surface area contributed by atoms with Gasteiger partial charge in [0, 0.05) is 0 Å². The Labute approximate surface area is 123 Å². The summed E-state index contributed by atoms with van der Waals surface area (Å²) < 4.78 is 24.6. The molecule has 2 heterocycles. The maximum atomic E-state index is 11.7. The second-order valence-electron chi connectivity index (χ2n) is 4.65. The summed E-state index contributed by atoms with van der Waals surface area (Å²) in [6, 6.07) is 1.96. The first-order chi connectivity index (χ1) is 9.38. The molecule has 8 heteroatoms. The predicted molar refractivity (Wildman–Crippen MR) is 77.4 cm³/mol. The molecular weight excluding hydrogens is 300 g/mol. The van der Waals surface area contributed by atoms with Crippen molar-refractivity contribution < 1.29 is 8.42 Å². The lowest BCUT2D eigenvalue weighted by atomic mass is 10.1. The van der Waals surface area contributed by atoms with Gasteiger partial charge >= 0.3 is 0 Å². The zero-order chi connectivity index (χ0) is 14.9. The van der Waals surface area contributed by atoms with Crippen LogP contribution in [-0.4, -0.2) is 23.0 Å². The molecule has 2 aromatic heterocycles. The third kappa shape index (κ3) is 2.79. The molecule has 0 atom stereocenters. The molecule has 0 spiro atoms. The Kier molecular flexibility index (Phi) is 4.31. The molecule has 2 aromatic rings. The number of halogens is 1.